The first-order chi connectivity index (χ1) is 25.8. The Labute approximate surface area is 301 Å². The van der Waals surface area contributed by atoms with Crippen LogP contribution in [0.25, 0.3) is 113 Å². The topological polar surface area (TPSA) is 30.7 Å². The average molecular weight is 678 g/mol. The van der Waals surface area contributed by atoms with Crippen molar-refractivity contribution >= 4 is 107 Å². The molecule has 0 amide bonds. The van der Waals surface area contributed by atoms with Crippen LogP contribution in [-0.2, 0) is 0 Å². The third-order valence-electron chi connectivity index (χ3n) is 11.0. The maximum atomic E-state index is 5.66. The Morgan fingerprint density at radius 2 is 1.06 bits per heavy atom. The number of para-hydroxylation sites is 1. The molecule has 3 heterocycles. The van der Waals surface area contributed by atoms with Gasteiger partial charge < -0.3 is 0 Å². The summed E-state index contributed by atoms with van der Waals surface area (Å²) in [4.78, 5) is 11.3. The molecule has 0 unspecified atom stereocenters. The Balaban J connectivity index is 1.29. The first-order valence-corrected chi connectivity index (χ1v) is 18.5. The maximum Gasteiger partial charge on any atom is 0.235 e. The van der Waals surface area contributed by atoms with Crippen LogP contribution in [0.3, 0.4) is 0 Å². The zero-order chi connectivity index (χ0) is 33.9. The van der Waals surface area contributed by atoms with Gasteiger partial charge in [-0.1, -0.05) is 133 Å². The van der Waals surface area contributed by atoms with Crippen molar-refractivity contribution in [1.29, 1.82) is 0 Å². The highest BCUT2D eigenvalue weighted by molar-refractivity contribution is 7.26. The van der Waals surface area contributed by atoms with Crippen LogP contribution >= 0.6 is 11.3 Å². The third-order valence-corrected chi connectivity index (χ3v) is 12.1. The van der Waals surface area contributed by atoms with E-state index in [9.17, 15) is 0 Å². The van der Waals surface area contributed by atoms with Crippen molar-refractivity contribution in [2.45, 2.75) is 0 Å². The molecule has 240 valence electrons. The van der Waals surface area contributed by atoms with Gasteiger partial charge in [-0.15, -0.1) is 11.3 Å². The maximum absolute atomic E-state index is 5.66. The van der Waals surface area contributed by atoms with Crippen molar-refractivity contribution in [3.63, 3.8) is 0 Å². The lowest BCUT2D eigenvalue weighted by atomic mass is 9.93. The van der Waals surface area contributed by atoms with Crippen molar-refractivity contribution < 1.29 is 0 Å². The zero-order valence-electron chi connectivity index (χ0n) is 27.8. The van der Waals surface area contributed by atoms with E-state index >= 15 is 0 Å². The molecule has 52 heavy (non-hydrogen) atoms. The van der Waals surface area contributed by atoms with Gasteiger partial charge in [-0.2, -0.15) is 0 Å². The van der Waals surface area contributed by atoms with Gasteiger partial charge in [0, 0.05) is 47.3 Å². The monoisotopic (exact) mass is 677 g/mol. The molecule has 4 heteroatoms. The Morgan fingerprint density at radius 1 is 0.385 bits per heavy atom. The molecule has 0 spiro atoms. The van der Waals surface area contributed by atoms with Crippen molar-refractivity contribution in [2.75, 3.05) is 0 Å². The molecular weight excluding hydrogens is 651 g/mol. The van der Waals surface area contributed by atoms with Crippen LogP contribution in [0.2, 0.25) is 0 Å². The van der Waals surface area contributed by atoms with E-state index in [0.29, 0.717) is 5.95 Å². The van der Waals surface area contributed by atoms with Crippen LogP contribution in [0, 0.1) is 0 Å². The van der Waals surface area contributed by atoms with Gasteiger partial charge >= 0.3 is 0 Å². The number of thiophene rings is 1. The van der Waals surface area contributed by atoms with Crippen LogP contribution in [0.5, 0.6) is 0 Å². The van der Waals surface area contributed by atoms with Gasteiger partial charge in [0.25, 0.3) is 0 Å². The second-order valence-corrected chi connectivity index (χ2v) is 14.8. The molecule has 0 bridgehead atoms. The largest absolute Gasteiger partial charge is 0.278 e. The smallest absolute Gasteiger partial charge is 0.235 e. The summed E-state index contributed by atoms with van der Waals surface area (Å²) in [5.74, 6) is 0.670. The van der Waals surface area contributed by atoms with Gasteiger partial charge in [-0.25, -0.2) is 9.97 Å². The van der Waals surface area contributed by atoms with E-state index in [1.807, 2.05) is 11.3 Å². The van der Waals surface area contributed by atoms with Gasteiger partial charge in [-0.3, -0.25) is 4.57 Å². The Morgan fingerprint density at radius 3 is 1.92 bits per heavy atom. The lowest BCUT2D eigenvalue weighted by Gasteiger charge is -2.17. The number of benzene rings is 9. The van der Waals surface area contributed by atoms with Gasteiger partial charge in [0.2, 0.25) is 5.95 Å². The summed E-state index contributed by atoms with van der Waals surface area (Å²) < 4.78 is 4.91. The number of hydrogen-bond donors (Lipinski definition) is 0. The second-order valence-electron chi connectivity index (χ2n) is 13.7. The van der Waals surface area contributed by atoms with Crippen LogP contribution in [0.15, 0.2) is 164 Å². The number of aromatic nitrogens is 3. The van der Waals surface area contributed by atoms with E-state index in [4.69, 9.17) is 9.97 Å². The van der Waals surface area contributed by atoms with Crippen molar-refractivity contribution in [1.82, 2.24) is 14.5 Å². The fourth-order valence-electron chi connectivity index (χ4n) is 8.71. The van der Waals surface area contributed by atoms with Crippen molar-refractivity contribution in [3.8, 4) is 17.2 Å². The van der Waals surface area contributed by atoms with E-state index in [1.165, 1.54) is 63.3 Å². The lowest BCUT2D eigenvalue weighted by molar-refractivity contribution is 1.02. The van der Waals surface area contributed by atoms with Crippen LogP contribution in [0.4, 0.5) is 0 Å². The molecule has 0 N–H and O–H groups in total. The molecule has 0 aliphatic carbocycles. The van der Waals surface area contributed by atoms with E-state index < -0.39 is 0 Å². The van der Waals surface area contributed by atoms with E-state index in [1.54, 1.807) is 0 Å². The molecule has 0 fully saturated rings. The van der Waals surface area contributed by atoms with Gasteiger partial charge in [0.1, 0.15) is 0 Å². The SMILES string of the molecule is c1ccc2c(-c3nc(-n4c5ccccc5c5cc6ccc7sc8ccccc8c7c6cc54)nc4c5ccccc5c5ccccc5c34)cccc2c1. The van der Waals surface area contributed by atoms with E-state index in [-0.39, 0.29) is 0 Å². The fraction of sp³-hybridized carbons (Fsp3) is 0. The number of rotatable bonds is 2. The van der Waals surface area contributed by atoms with E-state index in [2.05, 4.69) is 168 Å². The zero-order valence-corrected chi connectivity index (χ0v) is 28.7. The minimum absolute atomic E-state index is 0.670. The van der Waals surface area contributed by atoms with Crippen LogP contribution < -0.4 is 0 Å². The summed E-state index contributed by atoms with van der Waals surface area (Å²) in [7, 11) is 0. The molecule has 12 rings (SSSR count). The standard InChI is InChI=1S/C48H27N3S/c1-2-14-30-28(12-1)13-11-21-35(30)46-45-34-18-5-3-15-31(34)32-16-4-6-19-36(32)47(45)50-48(49-46)51-40-22-9-7-17-33(40)39-26-29-24-25-43-44(38(29)27-41(39)51)37-20-8-10-23-42(37)52-43/h1-27H. The molecule has 0 aliphatic heterocycles. The molecule has 3 aromatic heterocycles. The average Bonchev–Trinajstić information content (AvgIpc) is 3.75. The summed E-state index contributed by atoms with van der Waals surface area (Å²) in [6.07, 6.45) is 0. The summed E-state index contributed by atoms with van der Waals surface area (Å²) in [6.45, 7) is 0. The Hall–Kier alpha value is -6.62. The highest BCUT2D eigenvalue weighted by Gasteiger charge is 2.22. The first kappa shape index (κ1) is 28.1. The summed E-state index contributed by atoms with van der Waals surface area (Å²) in [6, 6.07) is 59.3. The molecular formula is C48H27N3S. The molecule has 0 radical (unpaired) electrons. The Kier molecular flexibility index (Phi) is 5.65. The normalized spacial score (nSPS) is 12.2. The highest BCUT2D eigenvalue weighted by Crippen LogP contribution is 2.44. The predicted octanol–water partition coefficient (Wildman–Crippen LogP) is 13.4. The quantitative estimate of drug-likeness (QED) is 0.171. The van der Waals surface area contributed by atoms with Crippen LogP contribution in [0.1, 0.15) is 0 Å². The van der Waals surface area contributed by atoms with Crippen molar-refractivity contribution in [3.05, 3.63) is 164 Å². The second kappa shape index (κ2) is 10.5. The highest BCUT2D eigenvalue weighted by atomic mass is 32.1. The fourth-order valence-corrected chi connectivity index (χ4v) is 9.83. The molecule has 9 aromatic carbocycles. The van der Waals surface area contributed by atoms with Crippen LogP contribution in [-0.4, -0.2) is 14.5 Å². The van der Waals surface area contributed by atoms with Gasteiger partial charge in [-0.05, 0) is 68.0 Å². The molecule has 0 saturated carbocycles. The van der Waals surface area contributed by atoms with Gasteiger partial charge in [0.05, 0.1) is 22.2 Å². The third kappa shape index (κ3) is 3.79. The minimum atomic E-state index is 0.670. The lowest BCUT2D eigenvalue weighted by Crippen LogP contribution is -2.04. The summed E-state index contributed by atoms with van der Waals surface area (Å²) in [5, 5.41) is 15.6. The number of nitrogens with zero attached hydrogens (tertiary/aromatic N) is 3. The molecule has 3 nitrogen and oxygen atoms in total. The molecule has 0 atom stereocenters. The molecule has 0 saturated heterocycles. The number of fused-ring (bicyclic) bond motifs is 15. The first-order valence-electron chi connectivity index (χ1n) is 17.7. The van der Waals surface area contributed by atoms with Gasteiger partial charge in [0.15, 0.2) is 0 Å². The molecule has 0 aliphatic rings. The number of hydrogen-bond acceptors (Lipinski definition) is 3. The summed E-state index contributed by atoms with van der Waals surface area (Å²) in [5.41, 5.74) is 5.19. The predicted molar refractivity (Wildman–Crippen MR) is 222 cm³/mol. The van der Waals surface area contributed by atoms with Crippen molar-refractivity contribution in [2.24, 2.45) is 0 Å². The molecule has 12 aromatic rings. The summed E-state index contributed by atoms with van der Waals surface area (Å²) >= 11 is 1.86. The minimum Gasteiger partial charge on any atom is -0.278 e. The Bertz CT molecular complexity index is 3470. The van der Waals surface area contributed by atoms with E-state index in [0.717, 1.165) is 44.0 Å².